The van der Waals surface area contributed by atoms with E-state index in [0.29, 0.717) is 18.2 Å². The molecule has 1 fully saturated rings. The number of likely N-dealkylation sites (tertiary alicyclic amines) is 1. The number of amides is 1. The maximum atomic E-state index is 12.4. The second-order valence-electron chi connectivity index (χ2n) is 5.74. The van der Waals surface area contributed by atoms with Gasteiger partial charge in [0.25, 0.3) is 5.91 Å². The van der Waals surface area contributed by atoms with E-state index < -0.39 is 0 Å². The summed E-state index contributed by atoms with van der Waals surface area (Å²) in [5, 5.41) is 6.29. The van der Waals surface area contributed by atoms with Gasteiger partial charge in [-0.3, -0.25) is 9.78 Å². The van der Waals surface area contributed by atoms with E-state index in [4.69, 9.17) is 0 Å². The molecule has 1 atom stereocenters. The fourth-order valence-corrected chi connectivity index (χ4v) is 2.79. The Morgan fingerprint density at radius 1 is 1.48 bits per heavy atom. The summed E-state index contributed by atoms with van der Waals surface area (Å²) in [6, 6.07) is 2.37. The number of carbonyl (C=O) groups is 1. The molecule has 116 valence electrons. The fourth-order valence-electron chi connectivity index (χ4n) is 2.79. The van der Waals surface area contributed by atoms with Crippen molar-refractivity contribution in [3.05, 3.63) is 23.5 Å². The minimum absolute atomic E-state index is 0.0441. The maximum absolute atomic E-state index is 12.4. The van der Waals surface area contributed by atoms with Crippen LogP contribution in [0.3, 0.4) is 0 Å². The van der Waals surface area contributed by atoms with Gasteiger partial charge in [-0.05, 0) is 46.3 Å². The van der Waals surface area contributed by atoms with Crippen molar-refractivity contribution >= 4 is 11.6 Å². The smallest absolute Gasteiger partial charge is 0.255 e. The van der Waals surface area contributed by atoms with Gasteiger partial charge in [0.15, 0.2) is 0 Å². The van der Waals surface area contributed by atoms with Gasteiger partial charge < -0.3 is 15.5 Å². The monoisotopic (exact) mass is 290 g/mol. The summed E-state index contributed by atoms with van der Waals surface area (Å²) >= 11 is 0. The van der Waals surface area contributed by atoms with Gasteiger partial charge in [-0.25, -0.2) is 0 Å². The van der Waals surface area contributed by atoms with Crippen LogP contribution < -0.4 is 10.6 Å². The van der Waals surface area contributed by atoms with E-state index in [9.17, 15) is 4.79 Å². The first kappa shape index (κ1) is 15.8. The highest BCUT2D eigenvalue weighted by Gasteiger charge is 2.20. The number of carbonyl (C=O) groups excluding carboxylic acids is 1. The van der Waals surface area contributed by atoms with E-state index in [2.05, 4.69) is 27.6 Å². The molecule has 1 saturated heterocycles. The Morgan fingerprint density at radius 3 is 3.00 bits per heavy atom. The topological polar surface area (TPSA) is 57.3 Å². The van der Waals surface area contributed by atoms with Crippen molar-refractivity contribution in [3.8, 4) is 0 Å². The van der Waals surface area contributed by atoms with Gasteiger partial charge in [0, 0.05) is 31.0 Å². The number of nitrogens with zero attached hydrogens (tertiary/aromatic N) is 2. The number of hydrogen-bond donors (Lipinski definition) is 2. The van der Waals surface area contributed by atoms with E-state index in [-0.39, 0.29) is 5.91 Å². The molecule has 1 unspecified atom stereocenters. The van der Waals surface area contributed by atoms with Crippen molar-refractivity contribution in [2.75, 3.05) is 32.0 Å². The van der Waals surface area contributed by atoms with Gasteiger partial charge in [-0.15, -0.1) is 0 Å². The first-order chi connectivity index (χ1) is 10.1. The van der Waals surface area contributed by atoms with E-state index in [0.717, 1.165) is 30.9 Å². The molecule has 0 aliphatic carbocycles. The van der Waals surface area contributed by atoms with Crippen LogP contribution in [0.4, 0.5) is 5.69 Å². The number of hydrogen-bond acceptors (Lipinski definition) is 4. The number of piperidine rings is 1. The molecule has 0 bridgehead atoms. The van der Waals surface area contributed by atoms with Crippen LogP contribution >= 0.6 is 0 Å². The molecule has 0 radical (unpaired) electrons. The molecule has 1 aliphatic heterocycles. The molecule has 21 heavy (non-hydrogen) atoms. The highest BCUT2D eigenvalue weighted by Crippen LogP contribution is 2.17. The van der Waals surface area contributed by atoms with Gasteiger partial charge in [0.2, 0.25) is 0 Å². The first-order valence-corrected chi connectivity index (χ1v) is 7.80. The average molecular weight is 290 g/mol. The number of aryl methyl sites for hydroxylation is 1. The molecule has 1 aromatic rings. The maximum Gasteiger partial charge on any atom is 0.255 e. The summed E-state index contributed by atoms with van der Waals surface area (Å²) in [5.74, 6) is -0.0441. The van der Waals surface area contributed by atoms with Gasteiger partial charge >= 0.3 is 0 Å². The summed E-state index contributed by atoms with van der Waals surface area (Å²) in [7, 11) is 2.13. The van der Waals surface area contributed by atoms with Crippen LogP contribution in [0.1, 0.15) is 42.2 Å². The van der Waals surface area contributed by atoms with Gasteiger partial charge in [0.05, 0.1) is 11.3 Å². The van der Waals surface area contributed by atoms with Gasteiger partial charge in [-0.2, -0.15) is 0 Å². The summed E-state index contributed by atoms with van der Waals surface area (Å²) < 4.78 is 0. The van der Waals surface area contributed by atoms with Crippen LogP contribution in [0.5, 0.6) is 0 Å². The normalized spacial score (nSPS) is 19.3. The summed E-state index contributed by atoms with van der Waals surface area (Å²) in [4.78, 5) is 19.0. The lowest BCUT2D eigenvalue weighted by atomic mass is 10.0. The third-order valence-corrected chi connectivity index (χ3v) is 4.07. The van der Waals surface area contributed by atoms with E-state index in [1.54, 1.807) is 6.20 Å². The van der Waals surface area contributed by atoms with Crippen LogP contribution in [0, 0.1) is 6.92 Å². The highest BCUT2D eigenvalue weighted by atomic mass is 16.1. The third kappa shape index (κ3) is 4.17. The Balaban J connectivity index is 1.99. The number of anilines is 1. The quantitative estimate of drug-likeness (QED) is 0.871. The number of nitrogens with one attached hydrogen (secondary N) is 2. The van der Waals surface area contributed by atoms with Crippen molar-refractivity contribution < 1.29 is 4.79 Å². The first-order valence-electron chi connectivity index (χ1n) is 7.80. The lowest BCUT2D eigenvalue weighted by Crippen LogP contribution is -2.44. The second-order valence-corrected chi connectivity index (χ2v) is 5.74. The van der Waals surface area contributed by atoms with Crippen molar-refractivity contribution in [1.29, 1.82) is 0 Å². The lowest BCUT2D eigenvalue weighted by molar-refractivity contribution is 0.0929. The standard InChI is InChI=1S/C16H26N4O/c1-4-17-15-9-12(2)18-11-14(15)16(21)19-10-13-7-5-6-8-20(13)3/h9,11,13H,4-8,10H2,1-3H3,(H,17,18)(H,19,21). The summed E-state index contributed by atoms with van der Waals surface area (Å²) in [6.45, 7) is 6.56. The molecule has 2 heterocycles. The number of aromatic nitrogens is 1. The minimum atomic E-state index is -0.0441. The predicted octanol–water partition coefficient (Wildman–Crippen LogP) is 2.04. The zero-order valence-corrected chi connectivity index (χ0v) is 13.3. The van der Waals surface area contributed by atoms with E-state index in [1.165, 1.54) is 12.8 Å². The van der Waals surface area contributed by atoms with E-state index >= 15 is 0 Å². The molecule has 5 nitrogen and oxygen atoms in total. The van der Waals surface area contributed by atoms with Crippen LogP contribution in [-0.4, -0.2) is 48.5 Å². The molecule has 1 amide bonds. The molecular weight excluding hydrogens is 264 g/mol. The van der Waals surface area contributed by atoms with Gasteiger partial charge in [0.1, 0.15) is 0 Å². The molecule has 2 rings (SSSR count). The Kier molecular flexibility index (Phi) is 5.56. The highest BCUT2D eigenvalue weighted by molar-refractivity contribution is 5.99. The zero-order valence-electron chi connectivity index (χ0n) is 13.3. The SMILES string of the molecule is CCNc1cc(C)ncc1C(=O)NCC1CCCCN1C. The Hall–Kier alpha value is -1.62. The van der Waals surface area contributed by atoms with Gasteiger partial charge in [-0.1, -0.05) is 6.42 Å². The van der Waals surface area contributed by atoms with Crippen LogP contribution in [0.15, 0.2) is 12.3 Å². The van der Waals surface area contributed by atoms with E-state index in [1.807, 2.05) is 19.9 Å². The molecule has 0 spiro atoms. The molecule has 5 heteroatoms. The minimum Gasteiger partial charge on any atom is -0.385 e. The van der Waals surface area contributed by atoms with Crippen molar-refractivity contribution in [2.45, 2.75) is 39.2 Å². The predicted molar refractivity (Wildman–Crippen MR) is 85.7 cm³/mol. The number of rotatable bonds is 5. The summed E-state index contributed by atoms with van der Waals surface area (Å²) in [5.41, 5.74) is 2.40. The number of pyridine rings is 1. The molecule has 1 aliphatic rings. The van der Waals surface area contributed by atoms with Crippen LogP contribution in [0.25, 0.3) is 0 Å². The second kappa shape index (κ2) is 7.41. The van der Waals surface area contributed by atoms with Crippen LogP contribution in [0.2, 0.25) is 0 Å². The molecular formula is C16H26N4O. The Labute approximate surface area is 127 Å². The average Bonchev–Trinajstić information content (AvgIpc) is 2.46. The molecule has 2 N–H and O–H groups in total. The Morgan fingerprint density at radius 2 is 2.29 bits per heavy atom. The van der Waals surface area contributed by atoms with Crippen LogP contribution in [-0.2, 0) is 0 Å². The number of likely N-dealkylation sites (N-methyl/N-ethyl adjacent to an activating group) is 1. The molecule has 0 aromatic carbocycles. The lowest BCUT2D eigenvalue weighted by Gasteiger charge is -2.32. The van der Waals surface area contributed by atoms with Crippen molar-refractivity contribution in [3.63, 3.8) is 0 Å². The van der Waals surface area contributed by atoms with Crippen molar-refractivity contribution in [1.82, 2.24) is 15.2 Å². The fraction of sp³-hybridized carbons (Fsp3) is 0.625. The molecule has 1 aromatic heterocycles. The zero-order chi connectivity index (χ0) is 15.2. The molecule has 0 saturated carbocycles. The third-order valence-electron chi connectivity index (χ3n) is 4.07. The summed E-state index contributed by atoms with van der Waals surface area (Å²) in [6.07, 6.45) is 5.32. The largest absolute Gasteiger partial charge is 0.385 e. The Bertz CT molecular complexity index is 489. The van der Waals surface area contributed by atoms with Crippen molar-refractivity contribution in [2.24, 2.45) is 0 Å².